The number of hydrogen-bond donors (Lipinski definition) is 1. The van der Waals surface area contributed by atoms with E-state index in [-0.39, 0.29) is 0 Å². The molecule has 3 nitrogen and oxygen atoms in total. The molecule has 1 amide bonds. The number of piperidine rings is 1. The Kier molecular flexibility index (Phi) is 3.85. The maximum absolute atomic E-state index is 12.1. The number of nitrogens with zero attached hydrogens (tertiary/aromatic N) is 1. The molecule has 2 rings (SSSR count). The Bertz CT molecular complexity index is 240. The highest BCUT2D eigenvalue weighted by molar-refractivity contribution is 5.77. The van der Waals surface area contributed by atoms with E-state index < -0.39 is 0 Å². The molecule has 2 aliphatic rings. The zero-order valence-electron chi connectivity index (χ0n) is 10.5. The molecule has 0 unspecified atom stereocenters. The van der Waals surface area contributed by atoms with Gasteiger partial charge in [0.1, 0.15) is 0 Å². The molecule has 2 fully saturated rings. The molecule has 0 radical (unpaired) electrons. The van der Waals surface area contributed by atoms with Gasteiger partial charge in [-0.05, 0) is 46.0 Å². The van der Waals surface area contributed by atoms with E-state index in [4.69, 9.17) is 0 Å². The van der Waals surface area contributed by atoms with Crippen LogP contribution >= 0.6 is 0 Å². The number of rotatable bonds is 4. The number of carbonyl (C=O) groups excluding carboxylic acids is 1. The molecule has 1 aliphatic heterocycles. The predicted molar refractivity (Wildman–Crippen MR) is 65.3 cm³/mol. The molecule has 1 saturated heterocycles. The molecule has 1 heterocycles. The highest BCUT2D eigenvalue weighted by atomic mass is 16.2. The molecule has 1 N–H and O–H groups in total. The van der Waals surface area contributed by atoms with Crippen molar-refractivity contribution in [3.63, 3.8) is 0 Å². The Balaban J connectivity index is 1.76. The average Bonchev–Trinajstić information content (AvgIpc) is 3.01. The van der Waals surface area contributed by atoms with Crippen molar-refractivity contribution < 1.29 is 4.79 Å². The molecule has 16 heavy (non-hydrogen) atoms. The van der Waals surface area contributed by atoms with Crippen LogP contribution in [0.5, 0.6) is 0 Å². The Hall–Kier alpha value is -0.570. The number of likely N-dealkylation sites (tertiary alicyclic amines) is 1. The van der Waals surface area contributed by atoms with Crippen molar-refractivity contribution in [1.29, 1.82) is 0 Å². The lowest BCUT2D eigenvalue weighted by molar-refractivity contribution is -0.137. The van der Waals surface area contributed by atoms with Crippen molar-refractivity contribution in [3.05, 3.63) is 0 Å². The van der Waals surface area contributed by atoms with Crippen molar-refractivity contribution in [2.45, 2.75) is 70.5 Å². The average molecular weight is 224 g/mol. The van der Waals surface area contributed by atoms with E-state index in [1.54, 1.807) is 0 Å². The third-order valence-electron chi connectivity index (χ3n) is 3.83. The van der Waals surface area contributed by atoms with Crippen molar-refractivity contribution in [3.8, 4) is 0 Å². The van der Waals surface area contributed by atoms with Gasteiger partial charge in [0.25, 0.3) is 0 Å². The molecule has 0 aromatic heterocycles. The van der Waals surface area contributed by atoms with Gasteiger partial charge in [0, 0.05) is 31.1 Å². The molecule has 92 valence electrons. The van der Waals surface area contributed by atoms with Gasteiger partial charge >= 0.3 is 0 Å². The number of amides is 1. The van der Waals surface area contributed by atoms with Crippen LogP contribution in [-0.4, -0.2) is 35.5 Å². The van der Waals surface area contributed by atoms with Crippen LogP contribution in [0, 0.1) is 0 Å². The molecule has 1 aliphatic carbocycles. The van der Waals surface area contributed by atoms with Crippen molar-refractivity contribution in [2.24, 2.45) is 0 Å². The summed E-state index contributed by atoms with van der Waals surface area (Å²) >= 11 is 0. The Morgan fingerprint density at radius 2 is 1.81 bits per heavy atom. The van der Waals surface area contributed by atoms with Gasteiger partial charge in [-0.15, -0.1) is 0 Å². The second kappa shape index (κ2) is 5.17. The lowest BCUT2D eigenvalue weighted by Gasteiger charge is -2.39. The van der Waals surface area contributed by atoms with E-state index in [0.29, 0.717) is 30.5 Å². The third kappa shape index (κ3) is 2.97. The topological polar surface area (TPSA) is 32.3 Å². The van der Waals surface area contributed by atoms with Gasteiger partial charge in [-0.3, -0.25) is 4.79 Å². The van der Waals surface area contributed by atoms with Gasteiger partial charge in [-0.1, -0.05) is 0 Å². The largest absolute Gasteiger partial charge is 0.337 e. The van der Waals surface area contributed by atoms with Gasteiger partial charge in [0.15, 0.2) is 0 Å². The Labute approximate surface area is 98.6 Å². The fourth-order valence-corrected chi connectivity index (χ4v) is 2.71. The standard InChI is InChI=1S/C13H24N2O/c1-10-4-3-5-11(2)15(10)13(16)8-9-14-12-6-7-12/h10-12,14H,3-9H2,1-2H3/t10-,11+. The highest BCUT2D eigenvalue weighted by Gasteiger charge is 2.28. The molecule has 0 spiro atoms. The van der Waals surface area contributed by atoms with Gasteiger partial charge in [0.05, 0.1) is 0 Å². The van der Waals surface area contributed by atoms with Gasteiger partial charge in [-0.2, -0.15) is 0 Å². The molecule has 0 aromatic rings. The fraction of sp³-hybridized carbons (Fsp3) is 0.923. The summed E-state index contributed by atoms with van der Waals surface area (Å²) in [5.41, 5.74) is 0. The third-order valence-corrected chi connectivity index (χ3v) is 3.83. The van der Waals surface area contributed by atoms with Crippen LogP contribution in [0.1, 0.15) is 52.4 Å². The van der Waals surface area contributed by atoms with Crippen LogP contribution < -0.4 is 5.32 Å². The zero-order valence-corrected chi connectivity index (χ0v) is 10.5. The highest BCUT2D eigenvalue weighted by Crippen LogP contribution is 2.23. The monoisotopic (exact) mass is 224 g/mol. The summed E-state index contributed by atoms with van der Waals surface area (Å²) in [5, 5.41) is 3.41. The molecule has 2 atom stereocenters. The summed E-state index contributed by atoms with van der Waals surface area (Å²) in [5.74, 6) is 0.341. The van der Waals surface area contributed by atoms with E-state index in [0.717, 1.165) is 6.54 Å². The van der Waals surface area contributed by atoms with Gasteiger partial charge in [-0.25, -0.2) is 0 Å². The first-order chi connectivity index (χ1) is 7.68. The molecule has 3 heteroatoms. The molecular weight excluding hydrogens is 200 g/mol. The van der Waals surface area contributed by atoms with Crippen LogP contribution in [0.4, 0.5) is 0 Å². The molecule has 1 saturated carbocycles. The van der Waals surface area contributed by atoms with Crippen molar-refractivity contribution in [2.75, 3.05) is 6.54 Å². The van der Waals surface area contributed by atoms with Crippen LogP contribution in [0.15, 0.2) is 0 Å². The van der Waals surface area contributed by atoms with Crippen molar-refractivity contribution >= 4 is 5.91 Å². The normalized spacial score (nSPS) is 30.5. The minimum absolute atomic E-state index is 0.341. The van der Waals surface area contributed by atoms with Crippen LogP contribution in [-0.2, 0) is 4.79 Å². The van der Waals surface area contributed by atoms with E-state index in [9.17, 15) is 4.79 Å². The first-order valence-electron chi connectivity index (χ1n) is 6.73. The minimum atomic E-state index is 0.341. The number of nitrogens with one attached hydrogen (secondary N) is 1. The smallest absolute Gasteiger partial charge is 0.224 e. The van der Waals surface area contributed by atoms with E-state index in [1.807, 2.05) is 0 Å². The maximum atomic E-state index is 12.1. The summed E-state index contributed by atoms with van der Waals surface area (Å²) in [6.07, 6.45) is 6.88. The molecule has 0 aromatic carbocycles. The predicted octanol–water partition coefficient (Wildman–Crippen LogP) is 1.92. The lowest BCUT2D eigenvalue weighted by atomic mass is 9.97. The first kappa shape index (κ1) is 11.9. The quantitative estimate of drug-likeness (QED) is 0.791. The van der Waals surface area contributed by atoms with Crippen LogP contribution in [0.25, 0.3) is 0 Å². The second-order valence-corrected chi connectivity index (χ2v) is 5.41. The summed E-state index contributed by atoms with van der Waals surface area (Å²) in [4.78, 5) is 14.2. The van der Waals surface area contributed by atoms with Gasteiger partial charge in [0.2, 0.25) is 5.91 Å². The van der Waals surface area contributed by atoms with Crippen LogP contribution in [0.2, 0.25) is 0 Å². The first-order valence-corrected chi connectivity index (χ1v) is 6.73. The molecular formula is C13H24N2O. The van der Waals surface area contributed by atoms with Crippen molar-refractivity contribution in [1.82, 2.24) is 10.2 Å². The summed E-state index contributed by atoms with van der Waals surface area (Å²) in [6, 6.07) is 1.60. The fourth-order valence-electron chi connectivity index (χ4n) is 2.71. The summed E-state index contributed by atoms with van der Waals surface area (Å²) in [7, 11) is 0. The summed E-state index contributed by atoms with van der Waals surface area (Å²) in [6.45, 7) is 5.23. The van der Waals surface area contributed by atoms with Gasteiger partial charge < -0.3 is 10.2 Å². The minimum Gasteiger partial charge on any atom is -0.337 e. The van der Waals surface area contributed by atoms with E-state index in [1.165, 1.54) is 32.1 Å². The SMILES string of the molecule is C[C@@H]1CCC[C@H](C)N1C(=O)CCNC1CC1. The van der Waals surface area contributed by atoms with E-state index >= 15 is 0 Å². The number of hydrogen-bond acceptors (Lipinski definition) is 2. The zero-order chi connectivity index (χ0) is 11.5. The number of carbonyl (C=O) groups is 1. The van der Waals surface area contributed by atoms with E-state index in [2.05, 4.69) is 24.1 Å². The summed E-state index contributed by atoms with van der Waals surface area (Å²) < 4.78 is 0. The van der Waals surface area contributed by atoms with Crippen LogP contribution in [0.3, 0.4) is 0 Å². The second-order valence-electron chi connectivity index (χ2n) is 5.41. The Morgan fingerprint density at radius 3 is 2.38 bits per heavy atom. The maximum Gasteiger partial charge on any atom is 0.224 e. The molecule has 0 bridgehead atoms. The lowest BCUT2D eigenvalue weighted by Crippen LogP contribution is -2.48. The Morgan fingerprint density at radius 1 is 1.19 bits per heavy atom.